The molecule has 0 saturated carbocycles. The molecule has 2 aliphatic rings. The third kappa shape index (κ3) is 5.93. The van der Waals surface area contributed by atoms with Gasteiger partial charge in [0.2, 0.25) is 11.8 Å². The highest BCUT2D eigenvalue weighted by Crippen LogP contribution is 2.47. The van der Waals surface area contributed by atoms with Crippen LogP contribution < -0.4 is 4.90 Å². The average molecular weight is 589 g/mol. The quantitative estimate of drug-likeness (QED) is 0.113. The molecule has 4 atom stereocenters. The first kappa shape index (κ1) is 30.1. The van der Waals surface area contributed by atoms with Crippen molar-refractivity contribution in [2.45, 2.75) is 32.0 Å². The number of hydrogen-bond acceptors (Lipinski definition) is 9. The number of furan rings is 1. The van der Waals surface area contributed by atoms with Gasteiger partial charge in [-0.25, -0.2) is 4.90 Å². The predicted molar refractivity (Wildman–Crippen MR) is 156 cm³/mol. The predicted octanol–water partition coefficient (Wildman–Crippen LogP) is 3.47. The van der Waals surface area contributed by atoms with Gasteiger partial charge in [-0.3, -0.25) is 19.7 Å². The first-order valence-corrected chi connectivity index (χ1v) is 14.0. The third-order valence-electron chi connectivity index (χ3n) is 8.22. The van der Waals surface area contributed by atoms with Crippen LogP contribution in [0.4, 0.5) is 11.4 Å². The zero-order valence-electron chi connectivity index (χ0n) is 23.2. The highest BCUT2D eigenvalue weighted by atomic mass is 16.6. The maximum Gasteiger partial charge on any atom is 0.271 e. The second kappa shape index (κ2) is 12.8. The second-order valence-corrected chi connectivity index (χ2v) is 10.7. The monoisotopic (exact) mass is 588 g/mol. The molecule has 1 aliphatic heterocycles. The number of amides is 2. The fourth-order valence-corrected chi connectivity index (χ4v) is 6.23. The molecule has 1 aliphatic carbocycles. The molecule has 3 aromatic rings. The summed E-state index contributed by atoms with van der Waals surface area (Å²) in [7, 11) is 0. The van der Waals surface area contributed by atoms with Crippen LogP contribution in [0.25, 0.3) is 11.6 Å². The molecule has 0 spiro atoms. The smallest absolute Gasteiger partial charge is 0.271 e. The summed E-state index contributed by atoms with van der Waals surface area (Å²) in [5.74, 6) is -3.06. The number of carbonyl (C=O) groups excluding carboxylic acids is 2. The number of hydrogen-bond donors (Lipinski definition) is 4. The van der Waals surface area contributed by atoms with Gasteiger partial charge in [0.05, 0.1) is 41.8 Å². The minimum Gasteiger partial charge on any atom is -0.459 e. The average Bonchev–Trinajstić information content (AvgIpc) is 3.59. The first-order chi connectivity index (χ1) is 20.8. The molecule has 11 heteroatoms. The lowest BCUT2D eigenvalue weighted by atomic mass is 9.68. The van der Waals surface area contributed by atoms with Gasteiger partial charge in [-0.05, 0) is 65.8 Å². The minimum atomic E-state index is -1.15. The van der Waals surface area contributed by atoms with Gasteiger partial charge in [-0.1, -0.05) is 36.4 Å². The molecule has 11 nitrogen and oxygen atoms in total. The Balaban J connectivity index is 1.42. The van der Waals surface area contributed by atoms with Crippen molar-refractivity contribution in [1.82, 2.24) is 0 Å². The summed E-state index contributed by atoms with van der Waals surface area (Å²) in [5, 5.41) is 52.9. The van der Waals surface area contributed by atoms with E-state index in [-0.39, 0.29) is 30.8 Å². The maximum absolute atomic E-state index is 13.7. The van der Waals surface area contributed by atoms with E-state index in [4.69, 9.17) is 4.42 Å². The van der Waals surface area contributed by atoms with Crippen molar-refractivity contribution in [3.05, 3.63) is 105 Å². The fraction of sp³-hybridized carbons (Fsp3) is 0.312. The molecule has 0 unspecified atom stereocenters. The van der Waals surface area contributed by atoms with Gasteiger partial charge in [0.25, 0.3) is 5.69 Å². The van der Waals surface area contributed by atoms with E-state index in [0.29, 0.717) is 29.1 Å². The molecule has 224 valence electrons. The number of nitro benzene ring substituents is 1. The molecule has 43 heavy (non-hydrogen) atoms. The molecular weight excluding hydrogens is 556 g/mol. The summed E-state index contributed by atoms with van der Waals surface area (Å²) in [6.45, 7) is -1.26. The highest BCUT2D eigenvalue weighted by Gasteiger charge is 2.55. The Bertz CT molecular complexity index is 1580. The molecule has 1 saturated heterocycles. The Morgan fingerprint density at radius 2 is 1.79 bits per heavy atom. The number of non-ortho nitro benzene ring substituents is 1. The Morgan fingerprint density at radius 1 is 1.02 bits per heavy atom. The molecule has 2 amide bonds. The molecule has 4 N–H and O–H groups in total. The summed E-state index contributed by atoms with van der Waals surface area (Å²) < 4.78 is 5.64. The fourth-order valence-electron chi connectivity index (χ4n) is 6.23. The lowest BCUT2D eigenvalue weighted by molar-refractivity contribution is -0.384. The van der Waals surface area contributed by atoms with E-state index in [9.17, 15) is 40.1 Å². The third-order valence-corrected chi connectivity index (χ3v) is 8.22. The van der Waals surface area contributed by atoms with Crippen molar-refractivity contribution in [2.75, 3.05) is 18.1 Å². The number of aliphatic hydroxyl groups excluding tert-OH is 4. The molecule has 2 heterocycles. The lowest BCUT2D eigenvalue weighted by Gasteiger charge is -2.36. The summed E-state index contributed by atoms with van der Waals surface area (Å²) in [5.41, 5.74) is 2.23. The maximum atomic E-state index is 13.7. The number of nitro groups is 1. The molecule has 1 aromatic heterocycles. The summed E-state index contributed by atoms with van der Waals surface area (Å²) >= 11 is 0. The minimum absolute atomic E-state index is 0.0117. The van der Waals surface area contributed by atoms with Crippen LogP contribution in [0.3, 0.4) is 0 Å². The van der Waals surface area contributed by atoms with Crippen LogP contribution in [0.15, 0.2) is 82.3 Å². The zero-order chi connectivity index (χ0) is 30.7. The van der Waals surface area contributed by atoms with Crippen LogP contribution in [-0.4, -0.2) is 56.5 Å². The van der Waals surface area contributed by atoms with Gasteiger partial charge in [-0.15, -0.1) is 0 Å². The molecule has 1 fully saturated rings. The SMILES string of the molecule is O=C1[C@@H]2[C@@H](CC(CO)=C([C@H](O)CC/C(=C/c3ccc(CO)o3)c3ccccc3)[C@@H]2CO)C(=O)N1c1cccc([N+](=O)[O-])c1. The van der Waals surface area contributed by atoms with Crippen molar-refractivity contribution in [1.29, 1.82) is 0 Å². The largest absolute Gasteiger partial charge is 0.459 e. The number of nitrogens with zero attached hydrogens (tertiary/aromatic N) is 2. The van der Waals surface area contributed by atoms with Crippen molar-refractivity contribution >= 4 is 34.8 Å². The normalized spacial score (nSPS) is 21.3. The van der Waals surface area contributed by atoms with E-state index in [1.807, 2.05) is 36.4 Å². The molecule has 0 radical (unpaired) electrons. The van der Waals surface area contributed by atoms with Crippen LogP contribution in [0.5, 0.6) is 0 Å². The molecule has 2 aromatic carbocycles. The standard InChI is InChI=1S/C32H32N2O9/c35-16-21-14-26-30(32(40)33(31(26)39)22-7-4-8-23(15-22)34(41)42)27(18-37)29(21)28(38)12-9-20(19-5-2-1-3-6-19)13-24-10-11-25(17-36)43-24/h1-8,10-11,13,15,26-28,30,35-38H,9,12,14,16-18H2/b20-13-/t26-,27+,28-,30-/m1/s1. The number of imide groups is 1. The van der Waals surface area contributed by atoms with Gasteiger partial charge in [0.15, 0.2) is 0 Å². The number of aliphatic hydroxyl groups is 4. The molecular formula is C32H32N2O9. The van der Waals surface area contributed by atoms with Crippen molar-refractivity contribution in [2.24, 2.45) is 17.8 Å². The van der Waals surface area contributed by atoms with Gasteiger partial charge < -0.3 is 24.8 Å². The van der Waals surface area contributed by atoms with E-state index in [0.717, 1.165) is 22.1 Å². The van der Waals surface area contributed by atoms with E-state index >= 15 is 0 Å². The highest BCUT2D eigenvalue weighted by molar-refractivity contribution is 6.22. The Morgan fingerprint density at radius 3 is 2.44 bits per heavy atom. The Labute approximate surface area is 247 Å². The zero-order valence-corrected chi connectivity index (χ0v) is 23.2. The Kier molecular flexibility index (Phi) is 8.97. The molecule has 5 rings (SSSR count). The van der Waals surface area contributed by atoms with Gasteiger partial charge in [-0.2, -0.15) is 0 Å². The van der Waals surface area contributed by atoms with Crippen LogP contribution in [0.1, 0.15) is 36.3 Å². The number of benzene rings is 2. The summed E-state index contributed by atoms with van der Waals surface area (Å²) in [6.07, 6.45) is 1.22. The number of fused-ring (bicyclic) bond motifs is 1. The van der Waals surface area contributed by atoms with Crippen LogP contribution in [-0.2, 0) is 16.2 Å². The lowest BCUT2D eigenvalue weighted by Crippen LogP contribution is -2.39. The topological polar surface area (TPSA) is 175 Å². The number of allylic oxidation sites excluding steroid dienone is 1. The number of carbonyl (C=O) groups is 2. The van der Waals surface area contributed by atoms with E-state index in [2.05, 4.69) is 0 Å². The second-order valence-electron chi connectivity index (χ2n) is 10.7. The van der Waals surface area contributed by atoms with E-state index < -0.39 is 53.8 Å². The van der Waals surface area contributed by atoms with Gasteiger partial charge in [0.1, 0.15) is 18.1 Å². The summed E-state index contributed by atoms with van der Waals surface area (Å²) in [6, 6.07) is 18.1. The van der Waals surface area contributed by atoms with E-state index in [1.165, 1.54) is 18.2 Å². The van der Waals surface area contributed by atoms with Crippen molar-refractivity contribution in [3.63, 3.8) is 0 Å². The van der Waals surface area contributed by atoms with Crippen molar-refractivity contribution in [3.8, 4) is 0 Å². The molecule has 0 bridgehead atoms. The Hall–Kier alpha value is -4.42. The van der Waals surface area contributed by atoms with Crippen LogP contribution in [0.2, 0.25) is 0 Å². The van der Waals surface area contributed by atoms with Crippen molar-refractivity contribution < 1.29 is 39.4 Å². The van der Waals surface area contributed by atoms with Gasteiger partial charge >= 0.3 is 0 Å². The van der Waals surface area contributed by atoms with Crippen LogP contribution >= 0.6 is 0 Å². The number of rotatable bonds is 11. The number of anilines is 1. The summed E-state index contributed by atoms with van der Waals surface area (Å²) in [4.78, 5) is 38.7. The van der Waals surface area contributed by atoms with Crippen LogP contribution in [0, 0.1) is 27.9 Å². The van der Waals surface area contributed by atoms with Gasteiger partial charge in [0, 0.05) is 18.1 Å². The van der Waals surface area contributed by atoms with E-state index in [1.54, 1.807) is 12.1 Å². The first-order valence-electron chi connectivity index (χ1n) is 14.0.